The maximum atomic E-state index is 13.0. The summed E-state index contributed by atoms with van der Waals surface area (Å²) < 4.78 is 0. The van der Waals surface area contributed by atoms with Crippen LogP contribution in [0.25, 0.3) is 0 Å². The smallest absolute Gasteiger partial charge is 0.233 e. The van der Waals surface area contributed by atoms with Crippen molar-refractivity contribution < 1.29 is 4.79 Å². The Morgan fingerprint density at radius 2 is 1.65 bits per heavy atom. The third-order valence-corrected chi connectivity index (χ3v) is 5.45. The molecule has 4 rings (SSSR count). The van der Waals surface area contributed by atoms with Gasteiger partial charge in [0.25, 0.3) is 0 Å². The number of amides is 1. The predicted octanol–water partition coefficient (Wildman–Crippen LogP) is 3.52. The van der Waals surface area contributed by atoms with Crippen molar-refractivity contribution in [3.63, 3.8) is 0 Å². The lowest BCUT2D eigenvalue weighted by molar-refractivity contribution is -0.135. The van der Waals surface area contributed by atoms with Gasteiger partial charge in [-0.15, -0.1) is 0 Å². The number of piperidine rings is 1. The van der Waals surface area contributed by atoms with Crippen LogP contribution in [0.5, 0.6) is 0 Å². The van der Waals surface area contributed by atoms with Gasteiger partial charge in [0.05, 0.1) is 5.41 Å². The zero-order valence-corrected chi connectivity index (χ0v) is 13.3. The van der Waals surface area contributed by atoms with Crippen LogP contribution >= 0.6 is 0 Å². The van der Waals surface area contributed by atoms with E-state index in [1.807, 2.05) is 30.6 Å². The number of benzene rings is 1. The minimum Gasteiger partial charge on any atom is -0.342 e. The number of hydrogen-bond donors (Lipinski definition) is 0. The van der Waals surface area contributed by atoms with Crippen molar-refractivity contribution in [2.24, 2.45) is 0 Å². The summed E-state index contributed by atoms with van der Waals surface area (Å²) in [5.41, 5.74) is 2.34. The molecule has 0 unspecified atom stereocenters. The van der Waals surface area contributed by atoms with E-state index in [-0.39, 0.29) is 5.41 Å². The second-order valence-electron chi connectivity index (χ2n) is 6.80. The normalized spacial score (nSPS) is 20.3. The topological polar surface area (TPSA) is 33.2 Å². The number of aromatic nitrogens is 1. The molecule has 1 amide bonds. The summed E-state index contributed by atoms with van der Waals surface area (Å²) in [4.78, 5) is 19.2. The largest absolute Gasteiger partial charge is 0.342 e. The monoisotopic (exact) mass is 306 g/mol. The summed E-state index contributed by atoms with van der Waals surface area (Å²) in [6.07, 6.45) is 7.84. The Morgan fingerprint density at radius 3 is 2.26 bits per heavy atom. The average molecular weight is 306 g/mol. The molecule has 1 aliphatic carbocycles. The van der Waals surface area contributed by atoms with Gasteiger partial charge in [0.1, 0.15) is 0 Å². The lowest BCUT2D eigenvalue weighted by atomic mass is 9.88. The molecule has 3 heteroatoms. The number of carbonyl (C=O) groups is 1. The molecule has 1 aliphatic heterocycles. The lowest BCUT2D eigenvalue weighted by Crippen LogP contribution is -2.43. The molecule has 0 radical (unpaired) electrons. The number of rotatable bonds is 3. The molecular formula is C20H22N2O. The summed E-state index contributed by atoms with van der Waals surface area (Å²) in [7, 11) is 0. The highest BCUT2D eigenvalue weighted by Crippen LogP contribution is 2.50. The minimum atomic E-state index is -0.217. The molecule has 2 aromatic rings. The first-order valence-electron chi connectivity index (χ1n) is 8.54. The SMILES string of the molecule is O=C(N1CCC(c2ccncc2)CC1)C1(c2ccccc2)CC1. The number of hydrogen-bond acceptors (Lipinski definition) is 2. The molecule has 23 heavy (non-hydrogen) atoms. The van der Waals surface area contributed by atoms with Gasteiger partial charge in [-0.1, -0.05) is 30.3 Å². The van der Waals surface area contributed by atoms with Crippen LogP contribution in [0.2, 0.25) is 0 Å². The van der Waals surface area contributed by atoms with Crippen molar-refractivity contribution in [3.05, 3.63) is 66.0 Å². The minimum absolute atomic E-state index is 0.217. The number of pyridine rings is 1. The Kier molecular flexibility index (Phi) is 3.64. The van der Waals surface area contributed by atoms with E-state index < -0.39 is 0 Å². The molecule has 1 aromatic carbocycles. The van der Waals surface area contributed by atoms with Gasteiger partial charge in [0.2, 0.25) is 5.91 Å². The number of likely N-dealkylation sites (tertiary alicyclic amines) is 1. The van der Waals surface area contributed by atoms with Crippen LogP contribution in [0.4, 0.5) is 0 Å². The molecular weight excluding hydrogens is 284 g/mol. The molecule has 0 spiro atoms. The van der Waals surface area contributed by atoms with Crippen molar-refractivity contribution in [2.45, 2.75) is 37.0 Å². The highest BCUT2D eigenvalue weighted by atomic mass is 16.2. The third kappa shape index (κ3) is 2.65. The van der Waals surface area contributed by atoms with E-state index in [1.165, 1.54) is 11.1 Å². The molecule has 118 valence electrons. The fraction of sp³-hybridized carbons (Fsp3) is 0.400. The Labute approximate surface area is 137 Å². The first kappa shape index (κ1) is 14.4. The van der Waals surface area contributed by atoms with Crippen LogP contribution in [-0.4, -0.2) is 28.9 Å². The molecule has 1 aromatic heterocycles. The Balaban J connectivity index is 1.44. The second-order valence-corrected chi connectivity index (χ2v) is 6.80. The van der Waals surface area contributed by atoms with Crippen LogP contribution in [0.15, 0.2) is 54.9 Å². The lowest BCUT2D eigenvalue weighted by Gasteiger charge is -2.34. The van der Waals surface area contributed by atoms with E-state index >= 15 is 0 Å². The average Bonchev–Trinajstić information content (AvgIpc) is 3.45. The third-order valence-electron chi connectivity index (χ3n) is 5.45. The van der Waals surface area contributed by atoms with Gasteiger partial charge in [-0.25, -0.2) is 0 Å². The molecule has 0 atom stereocenters. The van der Waals surface area contributed by atoms with Gasteiger partial charge in [0, 0.05) is 25.5 Å². The maximum Gasteiger partial charge on any atom is 0.233 e. The molecule has 2 aliphatic rings. The molecule has 1 saturated carbocycles. The molecule has 0 N–H and O–H groups in total. The van der Waals surface area contributed by atoms with Crippen LogP contribution in [-0.2, 0) is 10.2 Å². The highest BCUT2D eigenvalue weighted by molar-refractivity contribution is 5.91. The molecule has 3 nitrogen and oxygen atoms in total. The van der Waals surface area contributed by atoms with Crippen molar-refractivity contribution in [1.82, 2.24) is 9.88 Å². The van der Waals surface area contributed by atoms with Crippen molar-refractivity contribution in [1.29, 1.82) is 0 Å². The summed E-state index contributed by atoms with van der Waals surface area (Å²) in [5, 5.41) is 0. The van der Waals surface area contributed by atoms with Crippen molar-refractivity contribution >= 4 is 5.91 Å². The summed E-state index contributed by atoms with van der Waals surface area (Å²) in [6.45, 7) is 1.75. The van der Waals surface area contributed by atoms with E-state index in [0.29, 0.717) is 11.8 Å². The van der Waals surface area contributed by atoms with Gasteiger partial charge < -0.3 is 4.90 Å². The summed E-state index contributed by atoms with van der Waals surface area (Å²) >= 11 is 0. The molecule has 1 saturated heterocycles. The van der Waals surface area contributed by atoms with Gasteiger partial charge in [-0.3, -0.25) is 9.78 Å². The van der Waals surface area contributed by atoms with E-state index in [1.54, 1.807) is 0 Å². The van der Waals surface area contributed by atoms with Crippen molar-refractivity contribution in [2.75, 3.05) is 13.1 Å². The fourth-order valence-electron chi connectivity index (χ4n) is 3.86. The van der Waals surface area contributed by atoms with Crippen molar-refractivity contribution in [3.8, 4) is 0 Å². The fourth-order valence-corrected chi connectivity index (χ4v) is 3.86. The quantitative estimate of drug-likeness (QED) is 0.869. The number of nitrogens with zero attached hydrogens (tertiary/aromatic N) is 2. The molecule has 2 heterocycles. The molecule has 2 fully saturated rings. The van der Waals surface area contributed by atoms with Gasteiger partial charge in [-0.05, 0) is 54.9 Å². The van der Waals surface area contributed by atoms with Crippen LogP contribution in [0, 0.1) is 0 Å². The van der Waals surface area contributed by atoms with Gasteiger partial charge >= 0.3 is 0 Å². The Hall–Kier alpha value is -2.16. The van der Waals surface area contributed by atoms with Gasteiger partial charge in [0.15, 0.2) is 0 Å². The Bertz CT molecular complexity index is 671. The predicted molar refractivity (Wildman–Crippen MR) is 90.1 cm³/mol. The zero-order valence-electron chi connectivity index (χ0n) is 13.3. The summed E-state index contributed by atoms with van der Waals surface area (Å²) in [5.74, 6) is 0.908. The van der Waals surface area contributed by atoms with E-state index in [4.69, 9.17) is 0 Å². The first-order chi connectivity index (χ1) is 11.3. The first-order valence-corrected chi connectivity index (χ1v) is 8.54. The van der Waals surface area contributed by atoms with Gasteiger partial charge in [-0.2, -0.15) is 0 Å². The van der Waals surface area contributed by atoms with E-state index in [2.05, 4.69) is 34.1 Å². The van der Waals surface area contributed by atoms with Crippen LogP contribution in [0.1, 0.15) is 42.7 Å². The van der Waals surface area contributed by atoms with Crippen LogP contribution in [0.3, 0.4) is 0 Å². The number of carbonyl (C=O) groups excluding carboxylic acids is 1. The van der Waals surface area contributed by atoms with Crippen LogP contribution < -0.4 is 0 Å². The zero-order chi connectivity index (χ0) is 15.7. The highest BCUT2D eigenvalue weighted by Gasteiger charge is 2.53. The molecule has 0 bridgehead atoms. The Morgan fingerprint density at radius 1 is 1.00 bits per heavy atom. The summed E-state index contributed by atoms with van der Waals surface area (Å²) in [6, 6.07) is 14.5. The van der Waals surface area contributed by atoms with E-state index in [9.17, 15) is 4.79 Å². The second kappa shape index (κ2) is 5.80. The maximum absolute atomic E-state index is 13.0. The standard InChI is InChI=1S/C20H22N2O/c23-19(20(10-11-20)18-4-2-1-3-5-18)22-14-8-17(9-15-22)16-6-12-21-13-7-16/h1-7,12-13,17H,8-11,14-15H2. The van der Waals surface area contributed by atoms with E-state index in [0.717, 1.165) is 38.8 Å².